The second-order valence-corrected chi connectivity index (χ2v) is 5.94. The first-order chi connectivity index (χ1) is 12.2. The van der Waals surface area contributed by atoms with Crippen molar-refractivity contribution >= 4 is 11.7 Å². The highest BCUT2D eigenvalue weighted by Crippen LogP contribution is 2.19. The average molecular weight is 341 g/mol. The van der Waals surface area contributed by atoms with Crippen molar-refractivity contribution in [1.82, 2.24) is 9.88 Å². The highest BCUT2D eigenvalue weighted by atomic mass is 16.5. The van der Waals surface area contributed by atoms with Crippen molar-refractivity contribution in [2.45, 2.75) is 13.0 Å². The maximum absolute atomic E-state index is 12.6. The number of carbonyl (C=O) groups is 1. The standard InChI is InChI=1S/C19H23N3O3/c1-15(25-17-8-6-16(24-2)7-9-17)19(23)22-13-11-21(12-14-22)18-5-3-4-10-20-18/h3-10,15H,11-14H2,1-2H3/t15-/m0/s1. The minimum Gasteiger partial charge on any atom is -0.497 e. The van der Waals surface area contributed by atoms with Gasteiger partial charge in [0.05, 0.1) is 7.11 Å². The van der Waals surface area contributed by atoms with Gasteiger partial charge in [-0.2, -0.15) is 0 Å². The Morgan fingerprint density at radius 2 is 1.72 bits per heavy atom. The van der Waals surface area contributed by atoms with Crippen LogP contribution in [0.15, 0.2) is 48.7 Å². The van der Waals surface area contributed by atoms with Crippen molar-refractivity contribution in [1.29, 1.82) is 0 Å². The Hall–Kier alpha value is -2.76. The third-order valence-corrected chi connectivity index (χ3v) is 4.28. The molecule has 0 bridgehead atoms. The van der Waals surface area contributed by atoms with E-state index in [1.165, 1.54) is 0 Å². The number of rotatable bonds is 5. The Bertz CT molecular complexity index is 683. The summed E-state index contributed by atoms with van der Waals surface area (Å²) in [6.45, 7) is 4.69. The lowest BCUT2D eigenvalue weighted by Gasteiger charge is -2.36. The zero-order chi connectivity index (χ0) is 17.6. The van der Waals surface area contributed by atoms with Gasteiger partial charge in [-0.1, -0.05) is 6.07 Å². The van der Waals surface area contributed by atoms with Crippen molar-refractivity contribution in [3.05, 3.63) is 48.7 Å². The van der Waals surface area contributed by atoms with Gasteiger partial charge in [0, 0.05) is 32.4 Å². The van der Waals surface area contributed by atoms with E-state index < -0.39 is 6.10 Å². The first-order valence-electron chi connectivity index (χ1n) is 8.43. The Kier molecular flexibility index (Phi) is 5.38. The Labute approximate surface area is 148 Å². The summed E-state index contributed by atoms with van der Waals surface area (Å²) in [5.74, 6) is 2.39. The van der Waals surface area contributed by atoms with E-state index in [-0.39, 0.29) is 5.91 Å². The normalized spacial score (nSPS) is 15.6. The smallest absolute Gasteiger partial charge is 0.263 e. The van der Waals surface area contributed by atoms with E-state index in [9.17, 15) is 4.79 Å². The van der Waals surface area contributed by atoms with Gasteiger partial charge in [-0.15, -0.1) is 0 Å². The summed E-state index contributed by atoms with van der Waals surface area (Å²) < 4.78 is 10.9. The van der Waals surface area contributed by atoms with Crippen LogP contribution in [-0.2, 0) is 4.79 Å². The number of anilines is 1. The fourth-order valence-electron chi connectivity index (χ4n) is 2.86. The molecule has 6 heteroatoms. The van der Waals surface area contributed by atoms with Crippen LogP contribution in [0.3, 0.4) is 0 Å². The molecule has 6 nitrogen and oxygen atoms in total. The summed E-state index contributed by atoms with van der Waals surface area (Å²) in [5.41, 5.74) is 0. The molecule has 1 aromatic carbocycles. The van der Waals surface area contributed by atoms with Crippen LogP contribution in [0.1, 0.15) is 6.92 Å². The lowest BCUT2D eigenvalue weighted by atomic mass is 10.2. The van der Waals surface area contributed by atoms with Crippen LogP contribution < -0.4 is 14.4 Å². The second-order valence-electron chi connectivity index (χ2n) is 5.94. The lowest BCUT2D eigenvalue weighted by Crippen LogP contribution is -2.52. The van der Waals surface area contributed by atoms with Crippen LogP contribution in [0, 0.1) is 0 Å². The number of pyridine rings is 1. The SMILES string of the molecule is COc1ccc(O[C@@H](C)C(=O)N2CCN(c3ccccn3)CC2)cc1. The summed E-state index contributed by atoms with van der Waals surface area (Å²) in [6, 6.07) is 13.1. The van der Waals surface area contributed by atoms with Gasteiger partial charge in [-0.05, 0) is 43.3 Å². The van der Waals surface area contributed by atoms with E-state index in [1.807, 2.05) is 47.4 Å². The molecule has 2 aromatic rings. The van der Waals surface area contributed by atoms with Gasteiger partial charge in [-0.25, -0.2) is 4.98 Å². The lowest BCUT2D eigenvalue weighted by molar-refractivity contribution is -0.138. The number of hydrogen-bond donors (Lipinski definition) is 0. The van der Waals surface area contributed by atoms with Gasteiger partial charge in [0.25, 0.3) is 5.91 Å². The van der Waals surface area contributed by atoms with Gasteiger partial charge < -0.3 is 19.3 Å². The first kappa shape index (κ1) is 17.1. The van der Waals surface area contributed by atoms with Crippen LogP contribution in [0.5, 0.6) is 11.5 Å². The van der Waals surface area contributed by atoms with E-state index in [4.69, 9.17) is 9.47 Å². The molecule has 1 atom stereocenters. The number of ether oxygens (including phenoxy) is 2. The zero-order valence-corrected chi connectivity index (χ0v) is 14.6. The molecule has 1 saturated heterocycles. The molecule has 1 aliphatic rings. The van der Waals surface area contributed by atoms with Crippen LogP contribution in [0.25, 0.3) is 0 Å². The number of carbonyl (C=O) groups excluding carboxylic acids is 1. The van der Waals surface area contributed by atoms with Gasteiger partial charge in [-0.3, -0.25) is 4.79 Å². The Balaban J connectivity index is 1.52. The van der Waals surface area contributed by atoms with Crippen molar-refractivity contribution < 1.29 is 14.3 Å². The van der Waals surface area contributed by atoms with Crippen molar-refractivity contribution in [2.75, 3.05) is 38.2 Å². The molecule has 1 aliphatic heterocycles. The largest absolute Gasteiger partial charge is 0.497 e. The van der Waals surface area contributed by atoms with E-state index in [2.05, 4.69) is 9.88 Å². The molecule has 3 rings (SSSR count). The van der Waals surface area contributed by atoms with E-state index in [0.29, 0.717) is 18.8 Å². The number of nitrogens with zero attached hydrogens (tertiary/aromatic N) is 3. The Morgan fingerprint density at radius 1 is 1.04 bits per heavy atom. The molecular weight excluding hydrogens is 318 g/mol. The molecule has 0 radical (unpaired) electrons. The molecule has 0 unspecified atom stereocenters. The van der Waals surface area contributed by atoms with E-state index >= 15 is 0 Å². The quantitative estimate of drug-likeness (QED) is 0.835. The molecule has 1 amide bonds. The molecule has 0 saturated carbocycles. The van der Waals surface area contributed by atoms with Crippen LogP contribution in [0.2, 0.25) is 0 Å². The molecular formula is C19H23N3O3. The first-order valence-corrected chi connectivity index (χ1v) is 8.43. The number of methoxy groups -OCH3 is 1. The van der Waals surface area contributed by atoms with Crippen LogP contribution in [0.4, 0.5) is 5.82 Å². The monoisotopic (exact) mass is 341 g/mol. The third-order valence-electron chi connectivity index (χ3n) is 4.28. The minimum absolute atomic E-state index is 0.0106. The third kappa shape index (κ3) is 4.21. The second kappa shape index (κ2) is 7.88. The molecule has 0 aliphatic carbocycles. The summed E-state index contributed by atoms with van der Waals surface area (Å²) in [6.07, 6.45) is 1.27. The van der Waals surface area contributed by atoms with Gasteiger partial charge in [0.15, 0.2) is 6.10 Å². The van der Waals surface area contributed by atoms with Crippen molar-refractivity contribution in [3.63, 3.8) is 0 Å². The summed E-state index contributed by atoms with van der Waals surface area (Å²) in [4.78, 5) is 21.0. The maximum atomic E-state index is 12.6. The van der Waals surface area contributed by atoms with Gasteiger partial charge >= 0.3 is 0 Å². The Morgan fingerprint density at radius 3 is 2.32 bits per heavy atom. The highest BCUT2D eigenvalue weighted by molar-refractivity contribution is 5.81. The molecule has 1 fully saturated rings. The predicted molar refractivity (Wildman–Crippen MR) is 96.1 cm³/mol. The van der Waals surface area contributed by atoms with E-state index in [0.717, 1.165) is 24.7 Å². The van der Waals surface area contributed by atoms with Crippen molar-refractivity contribution in [3.8, 4) is 11.5 Å². The van der Waals surface area contributed by atoms with Crippen molar-refractivity contribution in [2.24, 2.45) is 0 Å². The highest BCUT2D eigenvalue weighted by Gasteiger charge is 2.26. The summed E-state index contributed by atoms with van der Waals surface area (Å²) >= 11 is 0. The number of amides is 1. The number of benzene rings is 1. The van der Waals surface area contributed by atoms with Gasteiger partial charge in [0.1, 0.15) is 17.3 Å². The minimum atomic E-state index is -0.519. The number of piperazine rings is 1. The predicted octanol–water partition coefficient (Wildman–Crippen LogP) is 2.21. The van der Waals surface area contributed by atoms with Gasteiger partial charge in [0.2, 0.25) is 0 Å². The van der Waals surface area contributed by atoms with Crippen LogP contribution >= 0.6 is 0 Å². The maximum Gasteiger partial charge on any atom is 0.263 e. The van der Waals surface area contributed by atoms with Crippen LogP contribution in [-0.4, -0.2) is 55.2 Å². The summed E-state index contributed by atoms with van der Waals surface area (Å²) in [7, 11) is 1.62. The molecule has 132 valence electrons. The molecule has 0 spiro atoms. The zero-order valence-electron chi connectivity index (χ0n) is 14.6. The summed E-state index contributed by atoms with van der Waals surface area (Å²) in [5, 5.41) is 0. The molecule has 2 heterocycles. The average Bonchev–Trinajstić information content (AvgIpc) is 2.69. The molecule has 25 heavy (non-hydrogen) atoms. The fourth-order valence-corrected chi connectivity index (χ4v) is 2.86. The number of hydrogen-bond acceptors (Lipinski definition) is 5. The number of aromatic nitrogens is 1. The molecule has 1 aromatic heterocycles. The van der Waals surface area contributed by atoms with E-state index in [1.54, 1.807) is 20.2 Å². The topological polar surface area (TPSA) is 54.9 Å². The fraction of sp³-hybridized carbons (Fsp3) is 0.368. The molecule has 0 N–H and O–H groups in total.